The molecule has 0 saturated heterocycles. The van der Waals surface area contributed by atoms with Crippen LogP contribution >= 0.6 is 7.82 Å². The Kier molecular flexibility index (Phi) is 36.7. The first-order valence-electron chi connectivity index (χ1n) is 22.3. The molecule has 2 atom stereocenters. The highest BCUT2D eigenvalue weighted by molar-refractivity contribution is 7.47. The highest BCUT2D eigenvalue weighted by Crippen LogP contribution is 2.43. The Balaban J connectivity index is 4.29. The molecule has 0 radical (unpaired) electrons. The summed E-state index contributed by atoms with van der Waals surface area (Å²) in [5.41, 5.74) is 8.30. The van der Waals surface area contributed by atoms with Crippen LogP contribution in [-0.4, -0.2) is 81.5 Å². The monoisotopic (exact) mass is 804 g/mol. The number of phosphoric acid groups is 1. The number of hydrogen-bond acceptors (Lipinski definition) is 8. The molecule has 0 saturated carbocycles. The van der Waals surface area contributed by atoms with Crippen molar-refractivity contribution in [2.24, 2.45) is 5.11 Å². The van der Waals surface area contributed by atoms with Gasteiger partial charge in [0.05, 0.1) is 27.7 Å². The van der Waals surface area contributed by atoms with E-state index in [9.17, 15) is 19.0 Å². The van der Waals surface area contributed by atoms with Gasteiger partial charge < -0.3 is 18.9 Å². The minimum atomic E-state index is -4.38. The molecule has 0 aliphatic heterocycles. The van der Waals surface area contributed by atoms with Gasteiger partial charge in [0.1, 0.15) is 19.8 Å². The molecule has 324 valence electrons. The summed E-state index contributed by atoms with van der Waals surface area (Å²) < 4.78 is 34.3. The van der Waals surface area contributed by atoms with Gasteiger partial charge in [-0.05, 0) is 24.8 Å². The summed E-state index contributed by atoms with van der Waals surface area (Å²) in [5.74, 6) is -0.815. The fraction of sp³-hybridized carbons (Fsp3) is 0.952. The summed E-state index contributed by atoms with van der Waals surface area (Å²) in [6.45, 7) is 2.75. The van der Waals surface area contributed by atoms with E-state index in [1.165, 1.54) is 122 Å². The summed E-state index contributed by atoms with van der Waals surface area (Å²) in [6, 6.07) is 0. The Hall–Kier alpha value is -1.68. The average molecular weight is 804 g/mol. The standard InChI is InChI=1S/C42H83N4O8P/c1-5-6-7-8-9-10-11-12-13-15-18-21-24-27-30-33-41(47)51-38-40(39-53-55(49,50)52-37-36-46(2,3)4)54-42(48)34-31-28-25-22-19-16-14-17-20-23-26-29-32-35-44-45-43/h40H,5-39H2,1-4H3/p+1/t40-/m1/s1. The molecule has 0 aliphatic rings. The van der Waals surface area contributed by atoms with E-state index in [0.717, 1.165) is 51.4 Å². The lowest BCUT2D eigenvalue weighted by molar-refractivity contribution is -0.870. The third-order valence-corrected chi connectivity index (χ3v) is 10.8. The maximum Gasteiger partial charge on any atom is 0.472 e. The van der Waals surface area contributed by atoms with E-state index in [4.69, 9.17) is 24.1 Å². The molecular formula is C42H84N4O8P+. The van der Waals surface area contributed by atoms with Gasteiger partial charge >= 0.3 is 19.8 Å². The zero-order valence-corrected chi connectivity index (χ0v) is 36.8. The van der Waals surface area contributed by atoms with Crippen LogP contribution in [-0.2, 0) is 32.7 Å². The maximum atomic E-state index is 12.7. The maximum absolute atomic E-state index is 12.7. The molecule has 0 aromatic carbocycles. The third-order valence-electron chi connectivity index (χ3n) is 9.86. The van der Waals surface area contributed by atoms with E-state index in [1.54, 1.807) is 0 Å². The van der Waals surface area contributed by atoms with Gasteiger partial charge in [0, 0.05) is 24.3 Å². The predicted octanol–water partition coefficient (Wildman–Crippen LogP) is 12.3. The number of nitrogens with zero attached hydrogens (tertiary/aromatic N) is 4. The van der Waals surface area contributed by atoms with Crippen LogP contribution in [0.3, 0.4) is 0 Å². The van der Waals surface area contributed by atoms with Gasteiger partial charge in [-0.1, -0.05) is 173 Å². The Labute approximate surface area is 336 Å². The number of esters is 2. The van der Waals surface area contributed by atoms with Crippen LogP contribution in [0.4, 0.5) is 0 Å². The molecule has 0 amide bonds. The van der Waals surface area contributed by atoms with Gasteiger partial charge in [0.15, 0.2) is 6.10 Å². The van der Waals surface area contributed by atoms with Crippen molar-refractivity contribution in [2.75, 3.05) is 54.1 Å². The van der Waals surface area contributed by atoms with Crippen LogP contribution in [0.15, 0.2) is 5.11 Å². The fourth-order valence-electron chi connectivity index (χ4n) is 6.35. The number of rotatable bonds is 42. The van der Waals surface area contributed by atoms with Gasteiger partial charge in [0.25, 0.3) is 0 Å². The second-order valence-corrected chi connectivity index (χ2v) is 17.9. The molecule has 1 unspecified atom stereocenters. The van der Waals surface area contributed by atoms with Gasteiger partial charge in [-0.3, -0.25) is 18.6 Å². The molecule has 1 N–H and O–H groups in total. The number of carbonyl (C=O) groups is 2. The second-order valence-electron chi connectivity index (χ2n) is 16.4. The summed E-state index contributed by atoms with van der Waals surface area (Å²) in [6.07, 6.45) is 32.8. The highest BCUT2D eigenvalue weighted by atomic mass is 31.2. The van der Waals surface area contributed by atoms with Crippen LogP contribution in [0.1, 0.15) is 200 Å². The van der Waals surface area contributed by atoms with Gasteiger partial charge in [-0.2, -0.15) is 0 Å². The molecule has 55 heavy (non-hydrogen) atoms. The summed E-state index contributed by atoms with van der Waals surface area (Å²) in [7, 11) is 1.46. The molecular weight excluding hydrogens is 719 g/mol. The lowest BCUT2D eigenvalue weighted by atomic mass is 10.0. The molecule has 0 rings (SSSR count). The van der Waals surface area contributed by atoms with E-state index in [2.05, 4.69) is 16.9 Å². The Morgan fingerprint density at radius 1 is 0.618 bits per heavy atom. The molecule has 0 aromatic heterocycles. The molecule has 0 bridgehead atoms. The number of quaternary nitrogens is 1. The van der Waals surface area contributed by atoms with Crippen LogP contribution in [0.2, 0.25) is 0 Å². The summed E-state index contributed by atoms with van der Waals surface area (Å²) in [5, 5.41) is 3.57. The molecule has 0 aromatic rings. The summed E-state index contributed by atoms with van der Waals surface area (Å²) in [4.78, 5) is 38.1. The number of unbranched alkanes of at least 4 members (excludes halogenated alkanes) is 26. The largest absolute Gasteiger partial charge is 0.472 e. The van der Waals surface area contributed by atoms with Gasteiger partial charge in [0.2, 0.25) is 0 Å². The third kappa shape index (κ3) is 41.8. The smallest absolute Gasteiger partial charge is 0.462 e. The lowest BCUT2D eigenvalue weighted by Crippen LogP contribution is -2.37. The normalized spacial score (nSPS) is 13.3. The zero-order chi connectivity index (χ0) is 40.7. The molecule has 0 heterocycles. The molecule has 13 heteroatoms. The van der Waals surface area contributed by atoms with Crippen LogP contribution < -0.4 is 0 Å². The van der Waals surface area contributed by atoms with Crippen LogP contribution in [0, 0.1) is 0 Å². The Morgan fingerprint density at radius 2 is 1.02 bits per heavy atom. The number of hydrogen-bond donors (Lipinski definition) is 1. The van der Waals surface area contributed by atoms with Crippen molar-refractivity contribution in [2.45, 2.75) is 206 Å². The molecule has 0 fully saturated rings. The minimum Gasteiger partial charge on any atom is -0.462 e. The quantitative estimate of drug-likeness (QED) is 0.0121. The van der Waals surface area contributed by atoms with Crippen molar-refractivity contribution < 1.29 is 42.1 Å². The van der Waals surface area contributed by atoms with Crippen molar-refractivity contribution in [3.63, 3.8) is 0 Å². The van der Waals surface area contributed by atoms with Gasteiger partial charge in [-0.25, -0.2) is 4.57 Å². The van der Waals surface area contributed by atoms with Gasteiger partial charge in [-0.15, -0.1) is 0 Å². The average Bonchev–Trinajstić information content (AvgIpc) is 3.13. The number of ether oxygens (including phenoxy) is 2. The van der Waals surface area contributed by atoms with Crippen LogP contribution in [0.5, 0.6) is 0 Å². The van der Waals surface area contributed by atoms with E-state index < -0.39 is 26.5 Å². The molecule has 12 nitrogen and oxygen atoms in total. The minimum absolute atomic E-state index is 0.0260. The number of carbonyl (C=O) groups excluding carboxylic acids is 2. The Bertz CT molecular complexity index is 1010. The number of azide groups is 1. The van der Waals surface area contributed by atoms with Crippen molar-refractivity contribution in [3.05, 3.63) is 10.4 Å². The fourth-order valence-corrected chi connectivity index (χ4v) is 7.09. The first-order valence-corrected chi connectivity index (χ1v) is 23.8. The molecule has 0 aliphatic carbocycles. The topological polar surface area (TPSA) is 157 Å². The van der Waals surface area contributed by atoms with Crippen molar-refractivity contribution in [1.82, 2.24) is 0 Å². The molecule has 0 spiro atoms. The van der Waals surface area contributed by atoms with Crippen LogP contribution in [0.25, 0.3) is 10.4 Å². The first-order chi connectivity index (χ1) is 26.5. The van der Waals surface area contributed by atoms with Crippen molar-refractivity contribution >= 4 is 19.8 Å². The highest BCUT2D eigenvalue weighted by Gasteiger charge is 2.27. The van der Waals surface area contributed by atoms with Crippen molar-refractivity contribution in [3.8, 4) is 0 Å². The lowest BCUT2D eigenvalue weighted by Gasteiger charge is -2.24. The van der Waals surface area contributed by atoms with E-state index >= 15 is 0 Å². The number of phosphoric ester groups is 1. The zero-order valence-electron chi connectivity index (χ0n) is 35.9. The predicted molar refractivity (Wildman–Crippen MR) is 224 cm³/mol. The second kappa shape index (κ2) is 37.9. The van der Waals surface area contributed by atoms with E-state index in [-0.39, 0.29) is 32.0 Å². The SMILES string of the molecule is CCCCCCCCCCCCCCCCCC(=O)OC[C@H](COP(=O)(O)OCC[N+](C)(C)C)OC(=O)CCCCCCCCCCCCCCCN=[N+]=[N-]. The summed E-state index contributed by atoms with van der Waals surface area (Å²) >= 11 is 0. The van der Waals surface area contributed by atoms with E-state index in [1.807, 2.05) is 21.1 Å². The first kappa shape index (κ1) is 53.3. The van der Waals surface area contributed by atoms with E-state index in [0.29, 0.717) is 24.0 Å². The Morgan fingerprint density at radius 3 is 1.44 bits per heavy atom. The van der Waals surface area contributed by atoms with Crippen molar-refractivity contribution in [1.29, 1.82) is 0 Å². The number of likely N-dealkylation sites (N-methyl/N-ethyl adjacent to an activating group) is 1.